The fourth-order valence-corrected chi connectivity index (χ4v) is 2.04. The maximum Gasteiger partial charge on any atom is 0.488 e. The summed E-state index contributed by atoms with van der Waals surface area (Å²) in [5, 5.41) is 18.5. The molecular weight excluding hydrogens is 267 g/mol. The van der Waals surface area contributed by atoms with Gasteiger partial charge in [0.15, 0.2) is 0 Å². The average molecular weight is 286 g/mol. The Bertz CT molecular complexity index is 626. The van der Waals surface area contributed by atoms with Crippen LogP contribution >= 0.6 is 0 Å². The molecule has 0 aliphatic heterocycles. The molecule has 0 bridgehead atoms. The molecule has 2 N–H and O–H groups in total. The number of hydrogen-bond acceptors (Lipinski definition) is 4. The summed E-state index contributed by atoms with van der Waals surface area (Å²) in [5.74, 6) is 1.43. The summed E-state index contributed by atoms with van der Waals surface area (Å²) in [6.07, 6.45) is 0. The topological polar surface area (TPSA) is 58.9 Å². The number of methoxy groups -OCH3 is 1. The van der Waals surface area contributed by atoms with E-state index in [0.29, 0.717) is 17.8 Å². The van der Waals surface area contributed by atoms with Crippen molar-refractivity contribution in [1.82, 2.24) is 0 Å². The largest absolute Gasteiger partial charge is 0.496 e. The monoisotopic (exact) mass is 286 g/mol. The fraction of sp³-hybridized carbons (Fsp3) is 0.250. The minimum atomic E-state index is -1.50. The lowest BCUT2D eigenvalue weighted by molar-refractivity contribution is 0.296. The molecule has 0 radical (unpaired) electrons. The van der Waals surface area contributed by atoms with Crippen molar-refractivity contribution in [1.29, 1.82) is 0 Å². The van der Waals surface area contributed by atoms with Gasteiger partial charge in [-0.3, -0.25) is 0 Å². The van der Waals surface area contributed by atoms with Crippen LogP contribution in [0.15, 0.2) is 36.4 Å². The molecule has 0 amide bonds. The number of aryl methyl sites for hydroxylation is 2. The Morgan fingerprint density at radius 1 is 1.00 bits per heavy atom. The molecule has 21 heavy (non-hydrogen) atoms. The molecule has 5 heteroatoms. The molecule has 2 aromatic rings. The molecule has 0 saturated heterocycles. The summed E-state index contributed by atoms with van der Waals surface area (Å²) in [5.41, 5.74) is 3.56. The second kappa shape index (κ2) is 6.65. The first-order chi connectivity index (χ1) is 10.0. The van der Waals surface area contributed by atoms with Gasteiger partial charge in [-0.15, -0.1) is 0 Å². The number of rotatable bonds is 5. The zero-order valence-electron chi connectivity index (χ0n) is 12.5. The predicted octanol–water partition coefficient (Wildman–Crippen LogP) is 1.57. The highest BCUT2D eigenvalue weighted by atomic mass is 16.5. The first-order valence-electron chi connectivity index (χ1n) is 6.74. The maximum atomic E-state index is 9.24. The summed E-state index contributed by atoms with van der Waals surface area (Å²) in [4.78, 5) is 0. The van der Waals surface area contributed by atoms with Crippen molar-refractivity contribution in [2.24, 2.45) is 0 Å². The van der Waals surface area contributed by atoms with Crippen molar-refractivity contribution >= 4 is 12.6 Å². The molecule has 0 atom stereocenters. The third kappa shape index (κ3) is 3.77. The first kappa shape index (κ1) is 15.4. The minimum absolute atomic E-state index is 0.298. The van der Waals surface area contributed by atoms with Crippen molar-refractivity contribution in [2.75, 3.05) is 7.11 Å². The Balaban J connectivity index is 2.17. The van der Waals surface area contributed by atoms with E-state index in [9.17, 15) is 10.0 Å². The Morgan fingerprint density at radius 3 is 2.38 bits per heavy atom. The summed E-state index contributed by atoms with van der Waals surface area (Å²) in [6.45, 7) is 4.38. The number of hydrogen-bond donors (Lipinski definition) is 2. The van der Waals surface area contributed by atoms with E-state index in [-0.39, 0.29) is 0 Å². The lowest BCUT2D eigenvalue weighted by Gasteiger charge is -2.13. The molecule has 110 valence electrons. The van der Waals surface area contributed by atoms with Crippen molar-refractivity contribution in [2.45, 2.75) is 20.5 Å². The van der Waals surface area contributed by atoms with Crippen LogP contribution in [-0.4, -0.2) is 24.3 Å². The molecule has 4 nitrogen and oxygen atoms in total. The lowest BCUT2D eigenvalue weighted by Crippen LogP contribution is -2.30. The van der Waals surface area contributed by atoms with Crippen LogP contribution in [0.2, 0.25) is 0 Å². The van der Waals surface area contributed by atoms with Gasteiger partial charge in [0, 0.05) is 5.56 Å². The van der Waals surface area contributed by atoms with Gasteiger partial charge >= 0.3 is 7.12 Å². The fourth-order valence-electron chi connectivity index (χ4n) is 2.04. The second-order valence-corrected chi connectivity index (χ2v) is 4.98. The Hall–Kier alpha value is -1.98. The van der Waals surface area contributed by atoms with Crippen LogP contribution < -0.4 is 14.9 Å². The molecule has 0 aliphatic carbocycles. The Labute approximate surface area is 125 Å². The van der Waals surface area contributed by atoms with Gasteiger partial charge in [0.1, 0.15) is 18.1 Å². The third-order valence-corrected chi connectivity index (χ3v) is 3.48. The normalized spacial score (nSPS) is 10.3. The van der Waals surface area contributed by atoms with Crippen LogP contribution in [0.3, 0.4) is 0 Å². The van der Waals surface area contributed by atoms with Gasteiger partial charge in [-0.2, -0.15) is 0 Å². The zero-order chi connectivity index (χ0) is 15.4. The highest BCUT2D eigenvalue weighted by Gasteiger charge is 2.14. The smallest absolute Gasteiger partial charge is 0.488 e. The lowest BCUT2D eigenvalue weighted by atomic mass is 9.79. The molecule has 0 fully saturated rings. The van der Waals surface area contributed by atoms with Gasteiger partial charge in [0.2, 0.25) is 0 Å². The van der Waals surface area contributed by atoms with Crippen molar-refractivity contribution in [3.63, 3.8) is 0 Å². The highest BCUT2D eigenvalue weighted by molar-refractivity contribution is 6.58. The minimum Gasteiger partial charge on any atom is -0.496 e. The predicted molar refractivity (Wildman–Crippen MR) is 83.1 cm³/mol. The molecule has 2 aromatic carbocycles. The Morgan fingerprint density at radius 2 is 1.76 bits per heavy atom. The van der Waals surface area contributed by atoms with Crippen LogP contribution in [0.25, 0.3) is 0 Å². The van der Waals surface area contributed by atoms with Gasteiger partial charge in [-0.05, 0) is 48.6 Å². The van der Waals surface area contributed by atoms with E-state index < -0.39 is 7.12 Å². The molecule has 2 rings (SSSR count). The number of ether oxygens (including phenoxy) is 2. The molecule has 0 heterocycles. The summed E-state index contributed by atoms with van der Waals surface area (Å²) >= 11 is 0. The van der Waals surface area contributed by atoms with E-state index in [4.69, 9.17) is 9.47 Å². The average Bonchev–Trinajstić information content (AvgIpc) is 2.48. The molecule has 0 aromatic heterocycles. The molecule has 0 aliphatic rings. The van der Waals surface area contributed by atoms with E-state index in [1.165, 1.54) is 11.1 Å². The zero-order valence-corrected chi connectivity index (χ0v) is 12.5. The van der Waals surface area contributed by atoms with Gasteiger partial charge in [0.05, 0.1) is 7.11 Å². The second-order valence-electron chi connectivity index (χ2n) is 4.98. The first-order valence-corrected chi connectivity index (χ1v) is 6.74. The van der Waals surface area contributed by atoms with Crippen molar-refractivity contribution in [3.8, 4) is 11.5 Å². The summed E-state index contributed by atoms with van der Waals surface area (Å²) < 4.78 is 11.0. The third-order valence-electron chi connectivity index (χ3n) is 3.48. The molecule has 0 saturated carbocycles. The van der Waals surface area contributed by atoms with Crippen LogP contribution in [0, 0.1) is 13.8 Å². The van der Waals surface area contributed by atoms with Gasteiger partial charge in [-0.25, -0.2) is 0 Å². The Kier molecular flexibility index (Phi) is 4.88. The molecule has 0 spiro atoms. The van der Waals surface area contributed by atoms with E-state index in [1.807, 2.05) is 32.0 Å². The van der Waals surface area contributed by atoms with Crippen LogP contribution in [-0.2, 0) is 6.61 Å². The van der Waals surface area contributed by atoms with Crippen LogP contribution in [0.1, 0.15) is 16.7 Å². The van der Waals surface area contributed by atoms with Gasteiger partial charge in [0.25, 0.3) is 0 Å². The van der Waals surface area contributed by atoms with Crippen LogP contribution in [0.5, 0.6) is 11.5 Å². The van der Waals surface area contributed by atoms with Gasteiger partial charge < -0.3 is 19.5 Å². The van der Waals surface area contributed by atoms with Crippen molar-refractivity contribution in [3.05, 3.63) is 53.1 Å². The maximum absolute atomic E-state index is 9.24. The van der Waals surface area contributed by atoms with Crippen LogP contribution in [0.4, 0.5) is 0 Å². The number of benzene rings is 2. The SMILES string of the molecule is COc1ccc(B(O)O)cc1COc1ccc(C)c(C)c1. The highest BCUT2D eigenvalue weighted by Crippen LogP contribution is 2.21. The standard InChI is InChI=1S/C16H19BO4/c1-11-4-6-15(8-12(11)2)21-10-13-9-14(17(18)19)5-7-16(13)20-3/h4-9,18-19H,10H2,1-3H3. The molecular formula is C16H19BO4. The van der Waals surface area contributed by atoms with E-state index >= 15 is 0 Å². The summed E-state index contributed by atoms with van der Waals surface area (Å²) in [6, 6.07) is 10.9. The molecule has 0 unspecified atom stereocenters. The summed E-state index contributed by atoms with van der Waals surface area (Å²) in [7, 11) is 0.0699. The quantitative estimate of drug-likeness (QED) is 0.819. The van der Waals surface area contributed by atoms with Gasteiger partial charge in [-0.1, -0.05) is 18.2 Å². The van der Waals surface area contributed by atoms with Crippen molar-refractivity contribution < 1.29 is 19.5 Å². The van der Waals surface area contributed by atoms with E-state index in [1.54, 1.807) is 25.3 Å². The van der Waals surface area contributed by atoms with E-state index in [2.05, 4.69) is 0 Å². The van der Waals surface area contributed by atoms with E-state index in [0.717, 1.165) is 11.3 Å².